The number of nitrogens with zero attached hydrogens (tertiary/aromatic N) is 1. The normalized spacial score (nSPS) is 18.5. The van der Waals surface area contributed by atoms with E-state index in [-0.39, 0.29) is 13.1 Å². The van der Waals surface area contributed by atoms with Crippen LogP contribution < -0.4 is 10.1 Å². The Hall–Kier alpha value is -1.48. The maximum atomic E-state index is 13.9. The second-order valence-corrected chi connectivity index (χ2v) is 4.80. The van der Waals surface area contributed by atoms with Gasteiger partial charge in [0.05, 0.1) is 6.04 Å². The molecule has 0 aliphatic carbocycles. The van der Waals surface area contributed by atoms with Gasteiger partial charge < -0.3 is 10.1 Å². The minimum absolute atomic E-state index is 0.249. The van der Waals surface area contributed by atoms with Crippen LogP contribution >= 0.6 is 0 Å². The van der Waals surface area contributed by atoms with Crippen molar-refractivity contribution in [3.63, 3.8) is 0 Å². The van der Waals surface area contributed by atoms with Crippen molar-refractivity contribution in [1.82, 2.24) is 10.2 Å². The monoisotopic (exact) mass is 328 g/mol. The summed E-state index contributed by atoms with van der Waals surface area (Å²) in [4.78, 5) is 1.34. The molecule has 1 aliphatic heterocycles. The fraction of sp³-hybridized carbons (Fsp3) is 0.538. The average molecular weight is 328 g/mol. The molecule has 1 aromatic rings. The van der Waals surface area contributed by atoms with Crippen LogP contribution in [0.2, 0.25) is 0 Å². The predicted octanol–water partition coefficient (Wildman–Crippen LogP) is 2.94. The molecule has 9 heteroatoms. The van der Waals surface area contributed by atoms with Gasteiger partial charge in [0.1, 0.15) is 11.6 Å². The molecule has 1 aliphatic rings. The smallest absolute Gasteiger partial charge is 0.406 e. The molecule has 0 saturated carbocycles. The van der Waals surface area contributed by atoms with Crippen LogP contribution in [0.3, 0.4) is 0 Å². The number of piperazine rings is 1. The summed E-state index contributed by atoms with van der Waals surface area (Å²) in [5.41, 5.74) is -0.501. The maximum absolute atomic E-state index is 13.9. The van der Waals surface area contributed by atoms with Crippen LogP contribution in [0.25, 0.3) is 0 Å². The molecule has 0 unspecified atom stereocenters. The molecule has 0 aromatic heterocycles. The lowest BCUT2D eigenvalue weighted by Crippen LogP contribution is -2.47. The fourth-order valence-electron chi connectivity index (χ4n) is 2.40. The number of hydrogen-bond acceptors (Lipinski definition) is 3. The Labute approximate surface area is 122 Å². The lowest BCUT2D eigenvalue weighted by Gasteiger charge is -2.34. The third kappa shape index (κ3) is 4.26. The molecule has 0 bridgehead atoms. The van der Waals surface area contributed by atoms with Gasteiger partial charge in [-0.3, -0.25) is 4.90 Å². The quantitative estimate of drug-likeness (QED) is 0.860. The highest BCUT2D eigenvalue weighted by Crippen LogP contribution is 2.33. The molecular weight excluding hydrogens is 314 g/mol. The summed E-state index contributed by atoms with van der Waals surface area (Å²) >= 11 is 0. The van der Waals surface area contributed by atoms with Gasteiger partial charge in [0.2, 0.25) is 0 Å². The topological polar surface area (TPSA) is 24.5 Å². The summed E-state index contributed by atoms with van der Waals surface area (Å²) < 4.78 is 80.8. The second kappa shape index (κ2) is 6.74. The van der Waals surface area contributed by atoms with E-state index in [0.29, 0.717) is 25.2 Å². The average Bonchev–Trinajstić information content (AvgIpc) is 2.42. The van der Waals surface area contributed by atoms with Crippen LogP contribution in [0.15, 0.2) is 18.2 Å². The van der Waals surface area contributed by atoms with E-state index in [1.807, 2.05) is 0 Å². The van der Waals surface area contributed by atoms with Crippen molar-refractivity contribution in [2.75, 3.05) is 26.2 Å². The predicted molar refractivity (Wildman–Crippen MR) is 66.3 cm³/mol. The summed E-state index contributed by atoms with van der Waals surface area (Å²) in [7, 11) is 0. The Kier molecular flexibility index (Phi) is 5.17. The zero-order chi connectivity index (χ0) is 16.3. The largest absolute Gasteiger partial charge is 0.573 e. The van der Waals surface area contributed by atoms with Gasteiger partial charge in [0.15, 0.2) is 0 Å². The molecule has 22 heavy (non-hydrogen) atoms. The van der Waals surface area contributed by atoms with Gasteiger partial charge in [-0.2, -0.15) is 0 Å². The number of halogens is 6. The van der Waals surface area contributed by atoms with Gasteiger partial charge in [-0.1, -0.05) is 0 Å². The molecule has 0 amide bonds. The lowest BCUT2D eigenvalue weighted by molar-refractivity contribution is -0.274. The molecule has 3 nitrogen and oxygen atoms in total. The van der Waals surface area contributed by atoms with E-state index in [2.05, 4.69) is 10.1 Å². The minimum Gasteiger partial charge on any atom is -0.406 e. The fourth-order valence-corrected chi connectivity index (χ4v) is 2.40. The Morgan fingerprint density at radius 3 is 2.32 bits per heavy atom. The number of nitrogens with one attached hydrogen (secondary N) is 1. The third-order valence-electron chi connectivity index (χ3n) is 3.30. The van der Waals surface area contributed by atoms with Crippen molar-refractivity contribution in [3.05, 3.63) is 29.6 Å². The third-order valence-corrected chi connectivity index (χ3v) is 3.30. The summed E-state index contributed by atoms with van der Waals surface area (Å²) in [5.74, 6) is -1.71. The SMILES string of the molecule is Fc1ccc(OC(F)(F)F)cc1[C@H](C(F)F)N1CCNCC1. The first-order valence-electron chi connectivity index (χ1n) is 6.56. The molecule has 0 spiro atoms. The van der Waals surface area contributed by atoms with Crippen LogP contribution in [0.5, 0.6) is 5.75 Å². The molecule has 1 heterocycles. The number of hydrogen-bond donors (Lipinski definition) is 1. The Bertz CT molecular complexity index is 502. The van der Waals surface area contributed by atoms with Gasteiger partial charge in [0.25, 0.3) is 6.43 Å². The molecule has 2 rings (SSSR count). The number of ether oxygens (including phenoxy) is 1. The molecular formula is C13H14F6N2O. The highest BCUT2D eigenvalue weighted by atomic mass is 19.4. The molecule has 0 radical (unpaired) electrons. The standard InChI is InChI=1S/C13H14F6N2O/c14-10-2-1-8(22-13(17,18)19)7-9(10)11(12(15)16)21-5-3-20-4-6-21/h1-2,7,11-12,20H,3-6H2/t11-/m1/s1. The summed E-state index contributed by atoms with van der Waals surface area (Å²) in [6.45, 7) is 1.39. The Morgan fingerprint density at radius 2 is 1.77 bits per heavy atom. The lowest BCUT2D eigenvalue weighted by atomic mass is 10.0. The van der Waals surface area contributed by atoms with Crippen LogP contribution in [0, 0.1) is 5.82 Å². The van der Waals surface area contributed by atoms with E-state index in [1.54, 1.807) is 0 Å². The Morgan fingerprint density at radius 1 is 1.14 bits per heavy atom. The van der Waals surface area contributed by atoms with Crippen molar-refractivity contribution in [2.45, 2.75) is 18.8 Å². The highest BCUT2D eigenvalue weighted by Gasteiger charge is 2.35. The molecule has 124 valence electrons. The van der Waals surface area contributed by atoms with Gasteiger partial charge in [0, 0.05) is 31.7 Å². The zero-order valence-corrected chi connectivity index (χ0v) is 11.3. The van der Waals surface area contributed by atoms with E-state index in [0.717, 1.165) is 6.07 Å². The first-order valence-corrected chi connectivity index (χ1v) is 6.56. The molecule has 1 fully saturated rings. The maximum Gasteiger partial charge on any atom is 0.573 e. The van der Waals surface area contributed by atoms with Gasteiger partial charge >= 0.3 is 6.36 Å². The van der Waals surface area contributed by atoms with Gasteiger partial charge in [-0.05, 0) is 18.2 Å². The molecule has 1 N–H and O–H groups in total. The minimum atomic E-state index is -4.97. The summed E-state index contributed by atoms with van der Waals surface area (Å²) in [6.07, 6.45) is -7.90. The Balaban J connectivity index is 2.31. The zero-order valence-electron chi connectivity index (χ0n) is 11.3. The number of benzene rings is 1. The van der Waals surface area contributed by atoms with Crippen LogP contribution in [0.4, 0.5) is 26.3 Å². The van der Waals surface area contributed by atoms with Crippen LogP contribution in [-0.4, -0.2) is 43.9 Å². The highest BCUT2D eigenvalue weighted by molar-refractivity contribution is 5.32. The van der Waals surface area contributed by atoms with E-state index in [9.17, 15) is 26.3 Å². The molecule has 1 atom stereocenters. The first kappa shape index (κ1) is 16.9. The van der Waals surface area contributed by atoms with Gasteiger partial charge in [-0.15, -0.1) is 13.2 Å². The van der Waals surface area contributed by atoms with Crippen molar-refractivity contribution < 1.29 is 31.1 Å². The molecule has 1 saturated heterocycles. The van der Waals surface area contributed by atoms with Crippen molar-refractivity contribution in [2.24, 2.45) is 0 Å². The summed E-state index contributed by atoms with van der Waals surface area (Å²) in [5, 5.41) is 2.96. The molecule has 1 aromatic carbocycles. The van der Waals surface area contributed by atoms with E-state index >= 15 is 0 Å². The van der Waals surface area contributed by atoms with Crippen molar-refractivity contribution in [3.8, 4) is 5.75 Å². The number of rotatable bonds is 4. The van der Waals surface area contributed by atoms with Crippen LogP contribution in [-0.2, 0) is 0 Å². The van der Waals surface area contributed by atoms with Gasteiger partial charge in [-0.25, -0.2) is 13.2 Å². The second-order valence-electron chi connectivity index (χ2n) is 4.80. The first-order chi connectivity index (χ1) is 10.3. The number of alkyl halides is 5. The van der Waals surface area contributed by atoms with Crippen LogP contribution in [0.1, 0.15) is 11.6 Å². The summed E-state index contributed by atoms with van der Waals surface area (Å²) in [6, 6.07) is 0.529. The van der Waals surface area contributed by atoms with E-state index < -0.39 is 36.0 Å². The van der Waals surface area contributed by atoms with E-state index in [4.69, 9.17) is 0 Å². The van der Waals surface area contributed by atoms with Crippen molar-refractivity contribution in [1.29, 1.82) is 0 Å². The van der Waals surface area contributed by atoms with E-state index in [1.165, 1.54) is 4.90 Å². The van der Waals surface area contributed by atoms with Crippen molar-refractivity contribution >= 4 is 0 Å².